The Bertz CT molecular complexity index is 464. The summed E-state index contributed by atoms with van der Waals surface area (Å²) in [4.78, 5) is 11.0. The second-order valence-corrected chi connectivity index (χ2v) is 7.36. The van der Waals surface area contributed by atoms with Crippen LogP contribution < -0.4 is 29.6 Å². The van der Waals surface area contributed by atoms with Crippen LogP contribution in [0.3, 0.4) is 0 Å². The average Bonchev–Trinajstić information content (AvgIpc) is 2.51. The first-order valence-corrected chi connectivity index (χ1v) is 10.7. The first-order valence-electron chi connectivity index (χ1n) is 9.36. The fourth-order valence-electron chi connectivity index (χ4n) is 2.51. The van der Waals surface area contributed by atoms with E-state index in [-0.39, 0.29) is 42.1 Å². The summed E-state index contributed by atoms with van der Waals surface area (Å²) in [5.41, 5.74) is 0. The Labute approximate surface area is 181 Å². The molecular formula is C18H33NaO6S. The van der Waals surface area contributed by atoms with Crippen LogP contribution in [0.15, 0.2) is 12.2 Å². The van der Waals surface area contributed by atoms with Gasteiger partial charge >= 0.3 is 35.5 Å². The summed E-state index contributed by atoms with van der Waals surface area (Å²) in [6, 6.07) is 0. The number of hydrogen-bond donors (Lipinski definition) is 1. The summed E-state index contributed by atoms with van der Waals surface area (Å²) < 4.78 is 34.3. The molecule has 0 heterocycles. The van der Waals surface area contributed by atoms with Crippen molar-refractivity contribution in [2.75, 3.05) is 0 Å². The van der Waals surface area contributed by atoms with E-state index in [2.05, 4.69) is 17.2 Å². The molecule has 1 N–H and O–H groups in total. The van der Waals surface area contributed by atoms with E-state index in [9.17, 15) is 22.9 Å². The average molecular weight is 401 g/mol. The van der Waals surface area contributed by atoms with Crippen LogP contribution in [0.25, 0.3) is 0 Å². The van der Waals surface area contributed by atoms with Crippen molar-refractivity contribution in [2.24, 2.45) is 0 Å². The normalized spacial score (nSPS) is 12.7. The standard InChI is InChI=1S/C18H34O6S.Na/c1-2-3-4-11-14-17(19)15-12-9-7-5-6-8-10-13-16-18(20)24-25(21,22)23;/h9,12,17,19H,2-8,10-11,13-16H2,1H3,(H,21,22,23);/q;+1/p-1/b12-9+;/t17-;/m1./s1. The number of allylic oxidation sites excluding steroid dienone is 1. The number of carbonyl (C=O) groups excluding carboxylic acids is 1. The summed E-state index contributed by atoms with van der Waals surface area (Å²) in [7, 11) is -4.92. The number of aliphatic hydroxyl groups is 1. The molecule has 0 radical (unpaired) electrons. The van der Waals surface area contributed by atoms with Crippen molar-refractivity contribution in [1.29, 1.82) is 0 Å². The molecule has 0 aromatic rings. The van der Waals surface area contributed by atoms with Gasteiger partial charge in [0.05, 0.1) is 6.10 Å². The topological polar surface area (TPSA) is 104 Å². The zero-order valence-electron chi connectivity index (χ0n) is 16.3. The van der Waals surface area contributed by atoms with E-state index >= 15 is 0 Å². The molecule has 8 heteroatoms. The van der Waals surface area contributed by atoms with Crippen LogP contribution in [0.5, 0.6) is 0 Å². The van der Waals surface area contributed by atoms with Gasteiger partial charge in [-0.3, -0.25) is 4.79 Å². The van der Waals surface area contributed by atoms with Crippen LogP contribution in [0.4, 0.5) is 0 Å². The van der Waals surface area contributed by atoms with Crippen LogP contribution >= 0.6 is 0 Å². The molecule has 0 spiro atoms. The van der Waals surface area contributed by atoms with E-state index in [0.29, 0.717) is 6.42 Å². The molecule has 0 saturated carbocycles. The molecule has 0 unspecified atom stereocenters. The Morgan fingerprint density at radius 2 is 1.65 bits per heavy atom. The molecule has 0 aliphatic heterocycles. The third kappa shape index (κ3) is 22.1. The van der Waals surface area contributed by atoms with Crippen molar-refractivity contribution in [3.8, 4) is 0 Å². The van der Waals surface area contributed by atoms with Gasteiger partial charge in [-0.1, -0.05) is 64.0 Å². The van der Waals surface area contributed by atoms with Gasteiger partial charge in [-0.15, -0.1) is 0 Å². The van der Waals surface area contributed by atoms with Crippen molar-refractivity contribution in [3.05, 3.63) is 12.2 Å². The van der Waals surface area contributed by atoms with E-state index in [0.717, 1.165) is 51.4 Å². The van der Waals surface area contributed by atoms with Crippen LogP contribution in [-0.2, 0) is 19.4 Å². The van der Waals surface area contributed by atoms with Crippen molar-refractivity contribution in [2.45, 2.75) is 96.5 Å². The largest absolute Gasteiger partial charge is 1.00 e. The van der Waals surface area contributed by atoms with Gasteiger partial charge in [0.1, 0.15) is 0 Å². The molecule has 148 valence electrons. The molecule has 0 bridgehead atoms. The minimum atomic E-state index is -4.92. The summed E-state index contributed by atoms with van der Waals surface area (Å²) in [6.07, 6.45) is 15.5. The van der Waals surface area contributed by atoms with Crippen LogP contribution in [0.2, 0.25) is 0 Å². The van der Waals surface area contributed by atoms with Gasteiger partial charge in [-0.25, -0.2) is 8.42 Å². The number of carbonyl (C=O) groups is 1. The first kappa shape index (κ1) is 28.3. The molecule has 0 aromatic heterocycles. The molecule has 0 rings (SSSR count). The SMILES string of the molecule is CCCCCC[C@@H](O)C/C=C/CCCCCCCC(=O)OS(=O)(=O)[O-].[Na+]. The van der Waals surface area contributed by atoms with Gasteiger partial charge < -0.3 is 13.8 Å². The zero-order valence-corrected chi connectivity index (χ0v) is 19.1. The molecular weight excluding hydrogens is 367 g/mol. The van der Waals surface area contributed by atoms with Crippen molar-refractivity contribution in [3.63, 3.8) is 0 Å². The van der Waals surface area contributed by atoms with Gasteiger partial charge in [0, 0.05) is 6.42 Å². The summed E-state index contributed by atoms with van der Waals surface area (Å²) in [5, 5.41) is 9.82. The summed E-state index contributed by atoms with van der Waals surface area (Å²) in [6.45, 7) is 2.18. The van der Waals surface area contributed by atoms with Crippen LogP contribution in [0, 0.1) is 0 Å². The number of rotatable bonds is 16. The fourth-order valence-corrected chi connectivity index (χ4v) is 2.82. The smallest absolute Gasteiger partial charge is 0.716 e. The van der Waals surface area contributed by atoms with Gasteiger partial charge in [-0.05, 0) is 32.1 Å². The molecule has 1 atom stereocenters. The maximum atomic E-state index is 11.0. The Morgan fingerprint density at radius 1 is 1.04 bits per heavy atom. The summed E-state index contributed by atoms with van der Waals surface area (Å²) >= 11 is 0. The number of hydrogen-bond acceptors (Lipinski definition) is 6. The van der Waals surface area contributed by atoms with Crippen LogP contribution in [0.1, 0.15) is 90.4 Å². The minimum Gasteiger partial charge on any atom is -0.716 e. The van der Waals surface area contributed by atoms with Crippen molar-refractivity contribution >= 4 is 16.4 Å². The van der Waals surface area contributed by atoms with E-state index in [1.54, 1.807) is 0 Å². The monoisotopic (exact) mass is 400 g/mol. The molecule has 0 fully saturated rings. The van der Waals surface area contributed by atoms with E-state index in [4.69, 9.17) is 0 Å². The third-order valence-electron chi connectivity index (χ3n) is 3.91. The molecule has 0 aromatic carbocycles. The maximum Gasteiger partial charge on any atom is 1.00 e. The molecule has 0 aliphatic carbocycles. The molecule has 6 nitrogen and oxygen atoms in total. The first-order chi connectivity index (χ1) is 11.8. The van der Waals surface area contributed by atoms with Crippen molar-refractivity contribution in [1.82, 2.24) is 0 Å². The van der Waals surface area contributed by atoms with Gasteiger partial charge in [0.2, 0.25) is 0 Å². The number of unbranched alkanes of at least 4 members (excludes halogenated alkanes) is 8. The van der Waals surface area contributed by atoms with Gasteiger partial charge in [0.25, 0.3) is 10.4 Å². The predicted molar refractivity (Wildman–Crippen MR) is 96.6 cm³/mol. The summed E-state index contributed by atoms with van der Waals surface area (Å²) in [5.74, 6) is -0.980. The van der Waals surface area contributed by atoms with Crippen molar-refractivity contribution < 1.29 is 56.6 Å². The Morgan fingerprint density at radius 3 is 2.31 bits per heavy atom. The van der Waals surface area contributed by atoms with E-state index in [1.807, 2.05) is 6.08 Å². The molecule has 0 saturated heterocycles. The second-order valence-electron chi connectivity index (χ2n) is 6.38. The van der Waals surface area contributed by atoms with Gasteiger partial charge in [0.15, 0.2) is 0 Å². The quantitative estimate of drug-likeness (QED) is 0.136. The third-order valence-corrected chi connectivity index (χ3v) is 4.30. The minimum absolute atomic E-state index is 0. The second kappa shape index (κ2) is 18.4. The van der Waals surface area contributed by atoms with E-state index < -0.39 is 16.4 Å². The zero-order chi connectivity index (χ0) is 19.0. The molecule has 0 aliphatic rings. The van der Waals surface area contributed by atoms with Gasteiger partial charge in [-0.2, -0.15) is 0 Å². The maximum absolute atomic E-state index is 11.0. The van der Waals surface area contributed by atoms with E-state index in [1.165, 1.54) is 19.3 Å². The van der Waals surface area contributed by atoms with Crippen LogP contribution in [-0.4, -0.2) is 30.2 Å². The Hall–Kier alpha value is 0.0800. The Kier molecular flexibility index (Phi) is 20.1. The molecule has 0 amide bonds. The predicted octanol–water partition coefficient (Wildman–Crippen LogP) is 1.00. The fraction of sp³-hybridized carbons (Fsp3) is 0.833. The number of aliphatic hydroxyl groups excluding tert-OH is 1. The molecule has 26 heavy (non-hydrogen) atoms. The Balaban J connectivity index is 0.